The summed E-state index contributed by atoms with van der Waals surface area (Å²) >= 11 is 0. The minimum absolute atomic E-state index is 0.00588. The van der Waals surface area contributed by atoms with E-state index in [4.69, 9.17) is 5.11 Å². The Labute approximate surface area is 101 Å². The topological polar surface area (TPSA) is 57.6 Å². The van der Waals surface area contributed by atoms with E-state index in [0.717, 1.165) is 6.54 Å². The molecule has 0 saturated heterocycles. The van der Waals surface area contributed by atoms with Crippen LogP contribution in [-0.2, 0) is 9.59 Å². The monoisotopic (exact) mass is 237 g/mol. The SMILES string of the molecule is CN(CC1CC1)C(=O)[C@@H]1CC=CC[C@@H]1C(=O)O. The van der Waals surface area contributed by atoms with E-state index in [1.54, 1.807) is 11.9 Å². The number of carboxylic acids is 1. The molecular weight excluding hydrogens is 218 g/mol. The molecule has 2 aliphatic carbocycles. The van der Waals surface area contributed by atoms with E-state index in [1.807, 2.05) is 12.2 Å². The molecule has 0 bridgehead atoms. The molecular formula is C13H19NO3. The number of aliphatic carboxylic acids is 1. The van der Waals surface area contributed by atoms with E-state index >= 15 is 0 Å². The number of allylic oxidation sites excluding steroid dienone is 2. The number of hydrogen-bond donors (Lipinski definition) is 1. The van der Waals surface area contributed by atoms with Crippen LogP contribution in [0.3, 0.4) is 0 Å². The van der Waals surface area contributed by atoms with E-state index in [2.05, 4.69) is 0 Å². The summed E-state index contributed by atoms with van der Waals surface area (Å²) in [6.45, 7) is 0.783. The smallest absolute Gasteiger partial charge is 0.307 e. The van der Waals surface area contributed by atoms with E-state index in [1.165, 1.54) is 12.8 Å². The molecule has 0 radical (unpaired) electrons. The van der Waals surface area contributed by atoms with Crippen molar-refractivity contribution in [3.05, 3.63) is 12.2 Å². The molecule has 0 aromatic heterocycles. The van der Waals surface area contributed by atoms with Crippen molar-refractivity contribution in [3.63, 3.8) is 0 Å². The number of hydrogen-bond acceptors (Lipinski definition) is 2. The molecule has 0 aliphatic heterocycles. The summed E-state index contributed by atoms with van der Waals surface area (Å²) in [6, 6.07) is 0. The van der Waals surface area contributed by atoms with Crippen LogP contribution in [0.2, 0.25) is 0 Å². The third kappa shape index (κ3) is 2.87. The molecule has 1 N–H and O–H groups in total. The standard InChI is InChI=1S/C13H19NO3/c1-14(8-9-6-7-9)12(15)10-4-2-3-5-11(10)13(16)17/h2-3,9-11H,4-8H2,1H3,(H,16,17)/t10-,11+/m1/s1. The van der Waals surface area contributed by atoms with Gasteiger partial charge in [0.2, 0.25) is 5.91 Å². The maximum atomic E-state index is 12.2. The highest BCUT2D eigenvalue weighted by Gasteiger charge is 2.36. The average molecular weight is 237 g/mol. The van der Waals surface area contributed by atoms with Crippen LogP contribution in [0.15, 0.2) is 12.2 Å². The Kier molecular flexibility index (Phi) is 3.50. The zero-order valence-electron chi connectivity index (χ0n) is 10.1. The van der Waals surface area contributed by atoms with Crippen molar-refractivity contribution in [3.8, 4) is 0 Å². The fourth-order valence-corrected chi connectivity index (χ4v) is 2.42. The molecule has 0 aromatic rings. The predicted molar refractivity (Wildman–Crippen MR) is 63.4 cm³/mol. The van der Waals surface area contributed by atoms with Crippen molar-refractivity contribution in [1.29, 1.82) is 0 Å². The highest BCUT2D eigenvalue weighted by atomic mass is 16.4. The molecule has 2 rings (SSSR count). The molecule has 0 spiro atoms. The molecule has 1 saturated carbocycles. The van der Waals surface area contributed by atoms with Crippen LogP contribution in [0.25, 0.3) is 0 Å². The lowest BCUT2D eigenvalue weighted by molar-refractivity contribution is -0.150. The number of carbonyl (C=O) groups excluding carboxylic acids is 1. The maximum absolute atomic E-state index is 12.2. The number of carbonyl (C=O) groups is 2. The van der Waals surface area contributed by atoms with Gasteiger partial charge in [0.05, 0.1) is 11.8 Å². The Balaban J connectivity index is 1.99. The second-order valence-electron chi connectivity index (χ2n) is 5.16. The van der Waals surface area contributed by atoms with Gasteiger partial charge in [0, 0.05) is 13.6 Å². The van der Waals surface area contributed by atoms with E-state index in [9.17, 15) is 9.59 Å². The minimum Gasteiger partial charge on any atom is -0.481 e. The first-order chi connectivity index (χ1) is 8.09. The van der Waals surface area contributed by atoms with E-state index < -0.39 is 11.9 Å². The average Bonchev–Trinajstić information content (AvgIpc) is 3.11. The summed E-state index contributed by atoms with van der Waals surface area (Å²) in [4.78, 5) is 25.0. The molecule has 4 heteroatoms. The van der Waals surface area contributed by atoms with Gasteiger partial charge in [-0.2, -0.15) is 0 Å². The Morgan fingerprint density at radius 2 is 1.82 bits per heavy atom. The second-order valence-corrected chi connectivity index (χ2v) is 5.16. The van der Waals surface area contributed by atoms with Gasteiger partial charge in [-0.1, -0.05) is 12.2 Å². The lowest BCUT2D eigenvalue weighted by Gasteiger charge is -2.28. The Bertz CT molecular complexity index is 347. The van der Waals surface area contributed by atoms with Gasteiger partial charge in [0.1, 0.15) is 0 Å². The number of rotatable bonds is 4. The molecule has 1 amide bonds. The Morgan fingerprint density at radius 1 is 1.24 bits per heavy atom. The minimum atomic E-state index is -0.854. The van der Waals surface area contributed by atoms with Crippen molar-refractivity contribution in [1.82, 2.24) is 4.90 Å². The van der Waals surface area contributed by atoms with Gasteiger partial charge in [-0.25, -0.2) is 0 Å². The van der Waals surface area contributed by atoms with Gasteiger partial charge >= 0.3 is 5.97 Å². The zero-order valence-corrected chi connectivity index (χ0v) is 10.1. The summed E-state index contributed by atoms with van der Waals surface area (Å²) in [5, 5.41) is 9.13. The highest BCUT2D eigenvalue weighted by Crippen LogP contribution is 2.32. The van der Waals surface area contributed by atoms with Crippen LogP contribution in [0.5, 0.6) is 0 Å². The largest absolute Gasteiger partial charge is 0.481 e. The fraction of sp³-hybridized carbons (Fsp3) is 0.692. The van der Waals surface area contributed by atoms with Gasteiger partial charge in [-0.15, -0.1) is 0 Å². The first-order valence-electron chi connectivity index (χ1n) is 6.22. The third-order valence-corrected chi connectivity index (χ3v) is 3.67. The molecule has 17 heavy (non-hydrogen) atoms. The van der Waals surface area contributed by atoms with Gasteiger partial charge in [0.25, 0.3) is 0 Å². The van der Waals surface area contributed by atoms with Crippen LogP contribution >= 0.6 is 0 Å². The highest BCUT2D eigenvalue weighted by molar-refractivity contribution is 5.85. The van der Waals surface area contributed by atoms with Crippen LogP contribution in [0.1, 0.15) is 25.7 Å². The summed E-state index contributed by atoms with van der Waals surface area (Å²) in [5.41, 5.74) is 0. The molecule has 0 aromatic carbocycles. The molecule has 2 atom stereocenters. The molecule has 1 fully saturated rings. The van der Waals surface area contributed by atoms with Crippen molar-refractivity contribution in [2.24, 2.45) is 17.8 Å². The first-order valence-corrected chi connectivity index (χ1v) is 6.22. The van der Waals surface area contributed by atoms with Crippen molar-refractivity contribution >= 4 is 11.9 Å². The molecule has 0 unspecified atom stereocenters. The van der Waals surface area contributed by atoms with E-state index in [-0.39, 0.29) is 11.8 Å². The number of amides is 1. The second kappa shape index (κ2) is 4.90. The van der Waals surface area contributed by atoms with Gasteiger partial charge < -0.3 is 10.0 Å². The number of nitrogens with zero attached hydrogens (tertiary/aromatic N) is 1. The summed E-state index contributed by atoms with van der Waals surface area (Å²) in [7, 11) is 1.79. The quantitative estimate of drug-likeness (QED) is 0.754. The number of carboxylic acid groups (broad SMARTS) is 1. The summed E-state index contributed by atoms with van der Waals surface area (Å²) < 4.78 is 0. The Morgan fingerprint density at radius 3 is 2.35 bits per heavy atom. The van der Waals surface area contributed by atoms with Crippen LogP contribution < -0.4 is 0 Å². The molecule has 94 valence electrons. The maximum Gasteiger partial charge on any atom is 0.307 e. The van der Waals surface area contributed by atoms with Crippen LogP contribution in [0, 0.1) is 17.8 Å². The molecule has 2 aliphatic rings. The predicted octanol–water partition coefficient (Wildman–Crippen LogP) is 1.52. The van der Waals surface area contributed by atoms with E-state index in [0.29, 0.717) is 18.8 Å². The first kappa shape index (κ1) is 12.1. The van der Waals surface area contributed by atoms with Crippen molar-refractivity contribution < 1.29 is 14.7 Å². The zero-order chi connectivity index (χ0) is 12.4. The van der Waals surface area contributed by atoms with Crippen molar-refractivity contribution in [2.45, 2.75) is 25.7 Å². The lowest BCUT2D eigenvalue weighted by Crippen LogP contribution is -2.40. The third-order valence-electron chi connectivity index (χ3n) is 3.67. The van der Waals surface area contributed by atoms with Crippen molar-refractivity contribution in [2.75, 3.05) is 13.6 Å². The Hall–Kier alpha value is -1.32. The lowest BCUT2D eigenvalue weighted by atomic mass is 9.82. The van der Waals surface area contributed by atoms with Gasteiger partial charge in [-0.3, -0.25) is 9.59 Å². The normalized spacial score (nSPS) is 27.8. The molecule has 4 nitrogen and oxygen atoms in total. The summed E-state index contributed by atoms with van der Waals surface area (Å²) in [5.74, 6) is -1.14. The van der Waals surface area contributed by atoms with Crippen LogP contribution in [-0.4, -0.2) is 35.5 Å². The summed E-state index contributed by atoms with van der Waals surface area (Å²) in [6.07, 6.45) is 7.22. The molecule has 0 heterocycles. The van der Waals surface area contributed by atoms with Gasteiger partial charge in [-0.05, 0) is 31.6 Å². The van der Waals surface area contributed by atoms with Crippen LogP contribution in [0.4, 0.5) is 0 Å². The fourth-order valence-electron chi connectivity index (χ4n) is 2.42. The van der Waals surface area contributed by atoms with Gasteiger partial charge in [0.15, 0.2) is 0 Å².